The molecule has 4 heteroatoms. The second kappa shape index (κ2) is 6.38. The zero-order valence-corrected chi connectivity index (χ0v) is 12.9. The lowest BCUT2D eigenvalue weighted by Gasteiger charge is -2.10. The van der Waals surface area contributed by atoms with Gasteiger partial charge in [0.2, 0.25) is 11.8 Å². The number of primary amides is 2. The number of rotatable bonds is 4. The fourth-order valence-corrected chi connectivity index (χ4v) is 2.73. The minimum absolute atomic E-state index is 0.464. The molecule has 0 fully saturated rings. The lowest BCUT2D eigenvalue weighted by Crippen LogP contribution is -2.12. The molecule has 0 aliphatic heterocycles. The number of carbonyl (C=O) groups excluding carboxylic acids is 2. The average molecular weight is 316 g/mol. The van der Waals surface area contributed by atoms with E-state index in [4.69, 9.17) is 11.5 Å². The molecule has 0 aliphatic carbocycles. The summed E-state index contributed by atoms with van der Waals surface area (Å²) in [5.74, 6) is -0.928. The van der Waals surface area contributed by atoms with Crippen LogP contribution < -0.4 is 11.5 Å². The van der Waals surface area contributed by atoms with Gasteiger partial charge >= 0.3 is 0 Å². The fraction of sp³-hybridized carbons (Fsp3) is 0. The molecule has 4 N–H and O–H groups in total. The molecule has 0 spiro atoms. The van der Waals surface area contributed by atoms with Crippen LogP contribution in [0.5, 0.6) is 0 Å². The van der Waals surface area contributed by atoms with Crippen molar-refractivity contribution in [2.24, 2.45) is 11.5 Å². The molecule has 0 atom stereocenters. The molecule has 0 aromatic heterocycles. The minimum atomic E-state index is -0.464. The Morgan fingerprint density at radius 3 is 1.21 bits per heavy atom. The van der Waals surface area contributed by atoms with E-state index in [9.17, 15) is 9.59 Å². The van der Waals surface area contributed by atoms with Crippen LogP contribution in [0.3, 0.4) is 0 Å². The Morgan fingerprint density at radius 1 is 0.542 bits per heavy atom. The van der Waals surface area contributed by atoms with Crippen molar-refractivity contribution in [3.63, 3.8) is 0 Å². The summed E-state index contributed by atoms with van der Waals surface area (Å²) in [6, 6.07) is 22.0. The van der Waals surface area contributed by atoms with Crippen LogP contribution in [0.4, 0.5) is 0 Å². The largest absolute Gasteiger partial charge is 0.366 e. The van der Waals surface area contributed by atoms with E-state index in [0.29, 0.717) is 11.1 Å². The monoisotopic (exact) mass is 316 g/mol. The van der Waals surface area contributed by atoms with Crippen LogP contribution >= 0.6 is 0 Å². The maximum absolute atomic E-state index is 11.6. The van der Waals surface area contributed by atoms with Crippen molar-refractivity contribution in [1.29, 1.82) is 0 Å². The summed E-state index contributed by atoms with van der Waals surface area (Å²) in [7, 11) is 0. The third-order valence-corrected chi connectivity index (χ3v) is 3.89. The molecule has 24 heavy (non-hydrogen) atoms. The molecule has 0 saturated carbocycles. The molecule has 0 aliphatic rings. The SMILES string of the molecule is NC(=O)c1ccccc1-c1ccc(-c2ccccc2C(N)=O)cc1. The van der Waals surface area contributed by atoms with Crippen molar-refractivity contribution in [1.82, 2.24) is 0 Å². The summed E-state index contributed by atoms with van der Waals surface area (Å²) in [5, 5.41) is 0. The normalized spacial score (nSPS) is 10.3. The number of amides is 2. The first-order valence-corrected chi connectivity index (χ1v) is 7.46. The summed E-state index contributed by atoms with van der Waals surface area (Å²) < 4.78 is 0. The molecule has 3 aromatic rings. The second-order valence-electron chi connectivity index (χ2n) is 5.40. The number of hydrogen-bond acceptors (Lipinski definition) is 2. The maximum Gasteiger partial charge on any atom is 0.249 e. The van der Waals surface area contributed by atoms with E-state index < -0.39 is 11.8 Å². The first-order valence-electron chi connectivity index (χ1n) is 7.46. The standard InChI is InChI=1S/C20H16N2O2/c21-19(23)17-7-3-1-5-15(17)13-9-11-14(12-10-13)16-6-2-4-8-18(16)20(22)24/h1-12H,(H2,21,23)(H2,22,24). The van der Waals surface area contributed by atoms with Gasteiger partial charge in [-0.25, -0.2) is 0 Å². The predicted octanol–water partition coefficient (Wildman–Crippen LogP) is 3.22. The smallest absolute Gasteiger partial charge is 0.249 e. The molecular formula is C20H16N2O2. The lowest BCUT2D eigenvalue weighted by molar-refractivity contribution is 0.0992. The predicted molar refractivity (Wildman–Crippen MR) is 94.3 cm³/mol. The van der Waals surface area contributed by atoms with Crippen molar-refractivity contribution >= 4 is 11.8 Å². The molecule has 0 saturated heterocycles. The van der Waals surface area contributed by atoms with E-state index in [1.807, 2.05) is 48.5 Å². The molecule has 3 rings (SSSR count). The van der Waals surface area contributed by atoms with Gasteiger partial charge in [-0.15, -0.1) is 0 Å². The molecular weight excluding hydrogens is 300 g/mol. The Morgan fingerprint density at radius 2 is 0.875 bits per heavy atom. The van der Waals surface area contributed by atoms with Gasteiger partial charge in [0.1, 0.15) is 0 Å². The number of nitrogens with two attached hydrogens (primary N) is 2. The van der Waals surface area contributed by atoms with Crippen molar-refractivity contribution in [2.75, 3.05) is 0 Å². The summed E-state index contributed by atoms with van der Waals surface area (Å²) >= 11 is 0. The van der Waals surface area contributed by atoms with Gasteiger partial charge in [0.05, 0.1) is 0 Å². The third-order valence-electron chi connectivity index (χ3n) is 3.89. The van der Waals surface area contributed by atoms with Gasteiger partial charge in [-0.05, 0) is 34.4 Å². The van der Waals surface area contributed by atoms with Gasteiger partial charge in [0.15, 0.2) is 0 Å². The summed E-state index contributed by atoms with van der Waals surface area (Å²) in [5.41, 5.74) is 15.1. The Balaban J connectivity index is 2.04. The van der Waals surface area contributed by atoms with Crippen LogP contribution in [0.15, 0.2) is 72.8 Å². The first kappa shape index (κ1) is 15.5. The van der Waals surface area contributed by atoms with Crippen molar-refractivity contribution in [3.05, 3.63) is 83.9 Å². The average Bonchev–Trinajstić information content (AvgIpc) is 2.62. The lowest BCUT2D eigenvalue weighted by atomic mass is 9.95. The van der Waals surface area contributed by atoms with Crippen LogP contribution in [0.25, 0.3) is 22.3 Å². The Bertz CT molecular complexity index is 838. The van der Waals surface area contributed by atoms with Crippen LogP contribution in [0.1, 0.15) is 20.7 Å². The second-order valence-corrected chi connectivity index (χ2v) is 5.40. The van der Waals surface area contributed by atoms with E-state index >= 15 is 0 Å². The van der Waals surface area contributed by atoms with Gasteiger partial charge in [0.25, 0.3) is 0 Å². The highest BCUT2D eigenvalue weighted by molar-refractivity contribution is 6.01. The van der Waals surface area contributed by atoms with Gasteiger partial charge in [-0.3, -0.25) is 9.59 Å². The van der Waals surface area contributed by atoms with Gasteiger partial charge in [-0.2, -0.15) is 0 Å². The zero-order chi connectivity index (χ0) is 17.1. The van der Waals surface area contributed by atoms with Gasteiger partial charge in [0, 0.05) is 11.1 Å². The first-order chi connectivity index (χ1) is 11.6. The molecule has 4 nitrogen and oxygen atoms in total. The van der Waals surface area contributed by atoms with Crippen LogP contribution in [0, 0.1) is 0 Å². The number of carbonyl (C=O) groups is 2. The van der Waals surface area contributed by atoms with E-state index in [0.717, 1.165) is 22.3 Å². The molecule has 0 bridgehead atoms. The van der Waals surface area contributed by atoms with Crippen LogP contribution in [-0.2, 0) is 0 Å². The third kappa shape index (κ3) is 2.90. The highest BCUT2D eigenvalue weighted by Gasteiger charge is 2.11. The van der Waals surface area contributed by atoms with Crippen LogP contribution in [0.2, 0.25) is 0 Å². The Labute approximate surface area is 139 Å². The summed E-state index contributed by atoms with van der Waals surface area (Å²) in [4.78, 5) is 23.1. The maximum atomic E-state index is 11.6. The fourth-order valence-electron chi connectivity index (χ4n) is 2.73. The highest BCUT2D eigenvalue weighted by Crippen LogP contribution is 2.28. The van der Waals surface area contributed by atoms with E-state index in [2.05, 4.69) is 0 Å². The van der Waals surface area contributed by atoms with Crippen molar-refractivity contribution in [3.8, 4) is 22.3 Å². The topological polar surface area (TPSA) is 86.2 Å². The molecule has 0 radical (unpaired) electrons. The highest BCUT2D eigenvalue weighted by atomic mass is 16.1. The number of benzene rings is 3. The van der Waals surface area contributed by atoms with Gasteiger partial charge < -0.3 is 11.5 Å². The van der Waals surface area contributed by atoms with Crippen molar-refractivity contribution in [2.45, 2.75) is 0 Å². The zero-order valence-electron chi connectivity index (χ0n) is 12.9. The molecule has 118 valence electrons. The quantitative estimate of drug-likeness (QED) is 0.774. The summed E-state index contributed by atoms with van der Waals surface area (Å²) in [6.07, 6.45) is 0. The van der Waals surface area contributed by atoms with E-state index in [1.54, 1.807) is 24.3 Å². The number of hydrogen-bond donors (Lipinski definition) is 2. The minimum Gasteiger partial charge on any atom is -0.366 e. The molecule has 0 unspecified atom stereocenters. The van der Waals surface area contributed by atoms with Gasteiger partial charge in [-0.1, -0.05) is 60.7 Å². The Kier molecular flexibility index (Phi) is 4.12. The van der Waals surface area contributed by atoms with Crippen LogP contribution in [-0.4, -0.2) is 11.8 Å². The van der Waals surface area contributed by atoms with Crippen molar-refractivity contribution < 1.29 is 9.59 Å². The Hall–Kier alpha value is -3.40. The molecule has 2 amide bonds. The summed E-state index contributed by atoms with van der Waals surface area (Å²) in [6.45, 7) is 0. The molecule has 3 aromatic carbocycles. The van der Waals surface area contributed by atoms with E-state index in [1.165, 1.54) is 0 Å². The van der Waals surface area contributed by atoms with E-state index in [-0.39, 0.29) is 0 Å². The molecule has 0 heterocycles.